The number of methoxy groups -OCH3 is 1. The van der Waals surface area contributed by atoms with E-state index in [-0.39, 0.29) is 28.3 Å². The quantitative estimate of drug-likeness (QED) is 0.325. The highest BCUT2D eigenvalue weighted by atomic mass is 16.6. The van der Waals surface area contributed by atoms with Crippen molar-refractivity contribution in [1.29, 1.82) is 0 Å². The molecule has 1 aliphatic heterocycles. The molecular weight excluding hydrogens is 398 g/mol. The van der Waals surface area contributed by atoms with E-state index in [0.717, 1.165) is 18.2 Å². The first-order valence-corrected chi connectivity index (χ1v) is 8.28. The lowest BCUT2D eigenvalue weighted by molar-refractivity contribution is -0.384. The van der Waals surface area contributed by atoms with Gasteiger partial charge in [-0.3, -0.25) is 25.0 Å². The fourth-order valence-corrected chi connectivity index (χ4v) is 2.78. The predicted molar refractivity (Wildman–Crippen MR) is 99.4 cm³/mol. The number of anilines is 1. The number of nitro benzene ring substituents is 1. The Labute approximate surface area is 168 Å². The van der Waals surface area contributed by atoms with Gasteiger partial charge in [-0.1, -0.05) is 12.1 Å². The van der Waals surface area contributed by atoms with E-state index in [1.807, 2.05) is 5.32 Å². The highest BCUT2D eigenvalue weighted by Crippen LogP contribution is 2.26. The Balaban J connectivity index is 2.05. The summed E-state index contributed by atoms with van der Waals surface area (Å²) < 4.78 is 4.92. The summed E-state index contributed by atoms with van der Waals surface area (Å²) >= 11 is 0. The Morgan fingerprint density at radius 2 is 1.90 bits per heavy atom. The number of benzene rings is 2. The number of nitrogens with one attached hydrogen (secondary N) is 1. The van der Waals surface area contributed by atoms with Gasteiger partial charge < -0.3 is 14.6 Å². The number of carboxylic acids is 1. The summed E-state index contributed by atoms with van der Waals surface area (Å²) in [6.45, 7) is 0. The molecule has 11 nitrogen and oxygen atoms in total. The van der Waals surface area contributed by atoms with Crippen LogP contribution in [-0.2, 0) is 9.59 Å². The third-order valence-electron chi connectivity index (χ3n) is 4.15. The van der Waals surface area contributed by atoms with Crippen molar-refractivity contribution in [2.24, 2.45) is 0 Å². The molecule has 2 aromatic rings. The lowest BCUT2D eigenvalue weighted by Crippen LogP contribution is -2.54. The number of amides is 4. The molecule has 30 heavy (non-hydrogen) atoms. The average molecular weight is 410 g/mol. The van der Waals surface area contributed by atoms with Crippen LogP contribution in [0.5, 0.6) is 5.75 Å². The molecule has 0 unspecified atom stereocenters. The number of aromatic carboxylic acids is 1. The minimum atomic E-state index is -1.53. The van der Waals surface area contributed by atoms with E-state index < -0.39 is 34.3 Å². The van der Waals surface area contributed by atoms with Gasteiger partial charge in [-0.25, -0.2) is 9.69 Å². The van der Waals surface area contributed by atoms with Gasteiger partial charge in [0.05, 0.1) is 23.7 Å². The Morgan fingerprint density at radius 1 is 1.17 bits per heavy atom. The third-order valence-corrected chi connectivity index (χ3v) is 4.15. The van der Waals surface area contributed by atoms with Crippen molar-refractivity contribution >= 4 is 41.3 Å². The van der Waals surface area contributed by atoms with Gasteiger partial charge in [-0.05, 0) is 29.8 Å². The molecule has 3 rings (SSSR count). The zero-order valence-corrected chi connectivity index (χ0v) is 15.3. The Morgan fingerprint density at radius 3 is 2.53 bits per heavy atom. The van der Waals surface area contributed by atoms with Gasteiger partial charge >= 0.3 is 6.03 Å². The smallest absolute Gasteiger partial charge is 0.335 e. The summed E-state index contributed by atoms with van der Waals surface area (Å²) in [4.78, 5) is 59.3. The number of urea groups is 1. The van der Waals surface area contributed by atoms with Crippen LogP contribution in [0.1, 0.15) is 15.9 Å². The van der Waals surface area contributed by atoms with Crippen molar-refractivity contribution in [3.8, 4) is 5.75 Å². The van der Waals surface area contributed by atoms with Gasteiger partial charge in [0.1, 0.15) is 11.3 Å². The first kappa shape index (κ1) is 20.2. The van der Waals surface area contributed by atoms with E-state index in [9.17, 15) is 34.4 Å². The van der Waals surface area contributed by atoms with Crippen molar-refractivity contribution < 1.29 is 33.9 Å². The highest BCUT2D eigenvalue weighted by molar-refractivity contribution is 6.39. The van der Waals surface area contributed by atoms with Gasteiger partial charge in [0.15, 0.2) is 0 Å². The number of nitro groups is 1. The van der Waals surface area contributed by atoms with Gasteiger partial charge in [-0.15, -0.1) is 0 Å². The van der Waals surface area contributed by atoms with E-state index in [2.05, 4.69) is 0 Å². The van der Waals surface area contributed by atoms with Crippen molar-refractivity contribution in [2.75, 3.05) is 12.0 Å². The first-order valence-electron chi connectivity index (χ1n) is 8.28. The van der Waals surface area contributed by atoms with E-state index in [1.165, 1.54) is 37.4 Å². The Kier molecular flexibility index (Phi) is 5.27. The molecule has 4 amide bonds. The summed E-state index contributed by atoms with van der Waals surface area (Å²) in [7, 11) is 1.26. The molecule has 1 N–H and O–H groups in total. The standard InChI is InChI=1S/C19H13N3O8/c1-30-15-6-5-10(7-13(15)18(25)26)8-14-16(23)20-19(27)21(17(14)24)11-3-2-4-12(9-11)22(28)29/h2-9H,1H3,(H,25,26)(H,20,23,27)/p-1/b14-8-. The largest absolute Gasteiger partial charge is 0.545 e. The second-order valence-corrected chi connectivity index (χ2v) is 5.98. The van der Waals surface area contributed by atoms with Gasteiger partial charge in [0.25, 0.3) is 17.5 Å². The van der Waals surface area contributed by atoms with E-state index in [0.29, 0.717) is 4.90 Å². The zero-order chi connectivity index (χ0) is 22.0. The molecule has 1 saturated heterocycles. The van der Waals surface area contributed by atoms with Gasteiger partial charge in [0.2, 0.25) is 0 Å². The number of imide groups is 2. The number of carbonyl (C=O) groups excluding carboxylic acids is 4. The highest BCUT2D eigenvalue weighted by Gasteiger charge is 2.37. The second-order valence-electron chi connectivity index (χ2n) is 5.98. The van der Waals surface area contributed by atoms with Crippen LogP contribution in [0.4, 0.5) is 16.2 Å². The maximum absolute atomic E-state index is 12.8. The van der Waals surface area contributed by atoms with Gasteiger partial charge in [-0.2, -0.15) is 0 Å². The van der Waals surface area contributed by atoms with Crippen LogP contribution in [-0.4, -0.2) is 35.8 Å². The molecule has 1 heterocycles. The summed E-state index contributed by atoms with van der Waals surface area (Å²) in [6, 6.07) is 7.52. The SMILES string of the molecule is COc1ccc(/C=C2/C(=O)NC(=O)N(c3cccc([N+](=O)[O-])c3)C2=O)cc1C(=O)[O-]. The number of barbiturate groups is 1. The molecule has 0 atom stereocenters. The number of carboxylic acid groups (broad SMARTS) is 1. The number of rotatable bonds is 5. The van der Waals surface area contributed by atoms with Crippen LogP contribution in [0.2, 0.25) is 0 Å². The molecule has 2 aromatic carbocycles. The maximum Gasteiger partial charge on any atom is 0.335 e. The summed E-state index contributed by atoms with van der Waals surface area (Å²) in [5.74, 6) is -3.54. The van der Waals surface area contributed by atoms with Crippen molar-refractivity contribution in [3.63, 3.8) is 0 Å². The fourth-order valence-electron chi connectivity index (χ4n) is 2.78. The maximum atomic E-state index is 12.8. The van der Waals surface area contributed by atoms with Crippen LogP contribution in [0.25, 0.3) is 6.08 Å². The van der Waals surface area contributed by atoms with Crippen LogP contribution in [0.3, 0.4) is 0 Å². The number of carbonyl (C=O) groups is 4. The topological polar surface area (TPSA) is 159 Å². The fraction of sp³-hybridized carbons (Fsp3) is 0.0526. The van der Waals surface area contributed by atoms with Crippen LogP contribution in [0, 0.1) is 10.1 Å². The zero-order valence-electron chi connectivity index (χ0n) is 15.3. The van der Waals surface area contributed by atoms with Crippen molar-refractivity contribution in [1.82, 2.24) is 5.32 Å². The van der Waals surface area contributed by atoms with Crippen LogP contribution in [0.15, 0.2) is 48.0 Å². The van der Waals surface area contributed by atoms with Gasteiger partial charge in [0, 0.05) is 17.7 Å². The molecule has 0 bridgehead atoms. The Bertz CT molecular complexity index is 1140. The molecule has 1 fully saturated rings. The Hall–Kier alpha value is -4.54. The number of hydrogen-bond acceptors (Lipinski definition) is 8. The number of hydrogen-bond donors (Lipinski definition) is 1. The molecule has 0 spiro atoms. The molecule has 152 valence electrons. The molecule has 1 aliphatic rings. The first-order chi connectivity index (χ1) is 14.2. The second kappa shape index (κ2) is 7.83. The molecule has 0 saturated carbocycles. The van der Waals surface area contributed by atoms with E-state index >= 15 is 0 Å². The molecular formula is C19H12N3O8-. The monoisotopic (exact) mass is 410 g/mol. The number of ether oxygens (including phenoxy) is 1. The van der Waals surface area contributed by atoms with Crippen molar-refractivity contribution in [3.05, 3.63) is 69.3 Å². The van der Waals surface area contributed by atoms with E-state index in [1.54, 1.807) is 0 Å². The normalized spacial score (nSPS) is 15.2. The number of nitrogens with zero attached hydrogens (tertiary/aromatic N) is 2. The lowest BCUT2D eigenvalue weighted by atomic mass is 10.0. The summed E-state index contributed by atoms with van der Waals surface area (Å²) in [5, 5.41) is 24.2. The summed E-state index contributed by atoms with van der Waals surface area (Å²) in [5.41, 5.74) is -1.10. The van der Waals surface area contributed by atoms with Crippen molar-refractivity contribution in [2.45, 2.75) is 0 Å². The van der Waals surface area contributed by atoms with Crippen LogP contribution >= 0.6 is 0 Å². The summed E-state index contributed by atoms with van der Waals surface area (Å²) in [6.07, 6.45) is 1.08. The van der Waals surface area contributed by atoms with E-state index in [4.69, 9.17) is 4.74 Å². The molecule has 11 heteroatoms. The molecule has 0 aliphatic carbocycles. The van der Waals surface area contributed by atoms with Crippen LogP contribution < -0.4 is 20.1 Å². The minimum Gasteiger partial charge on any atom is -0.545 e. The lowest BCUT2D eigenvalue weighted by Gasteiger charge is -2.26. The average Bonchev–Trinajstić information content (AvgIpc) is 2.71. The molecule has 0 aromatic heterocycles. The molecule has 0 radical (unpaired) electrons. The third kappa shape index (κ3) is 3.71. The minimum absolute atomic E-state index is 0.0185. The predicted octanol–water partition coefficient (Wildman–Crippen LogP) is 0.633. The number of non-ortho nitro benzene ring substituents is 1.